The molecule has 7 heteroatoms. The standard InChI is InChI=1S/C12H14F3NO3/c1-16(2)6-7-19-10-8(11(17)18)4-3-5-9(10)12(13,14)15/h3-5H,6-7H2,1-2H3,(H,17,18). The highest BCUT2D eigenvalue weighted by Crippen LogP contribution is 2.38. The third-order valence-corrected chi connectivity index (χ3v) is 2.34. The summed E-state index contributed by atoms with van der Waals surface area (Å²) in [5, 5.41) is 8.91. The molecule has 0 aromatic heterocycles. The molecule has 1 aromatic rings. The average molecular weight is 277 g/mol. The van der Waals surface area contributed by atoms with Crippen LogP contribution in [0.3, 0.4) is 0 Å². The van der Waals surface area contributed by atoms with E-state index in [9.17, 15) is 18.0 Å². The van der Waals surface area contributed by atoms with Crippen molar-refractivity contribution in [1.29, 1.82) is 0 Å². The number of nitrogens with zero attached hydrogens (tertiary/aromatic N) is 1. The fraction of sp³-hybridized carbons (Fsp3) is 0.417. The summed E-state index contributed by atoms with van der Waals surface area (Å²) in [4.78, 5) is 12.7. The fourth-order valence-electron chi connectivity index (χ4n) is 1.41. The Balaban J connectivity index is 3.11. The maximum atomic E-state index is 12.8. The van der Waals surface area contributed by atoms with Crippen LogP contribution in [-0.2, 0) is 6.18 Å². The molecule has 0 radical (unpaired) electrons. The highest BCUT2D eigenvalue weighted by molar-refractivity contribution is 5.91. The van der Waals surface area contributed by atoms with Crippen LogP contribution in [0.15, 0.2) is 18.2 Å². The van der Waals surface area contributed by atoms with Gasteiger partial charge in [0.15, 0.2) is 0 Å². The van der Waals surface area contributed by atoms with Gasteiger partial charge in [-0.05, 0) is 26.2 Å². The minimum atomic E-state index is -4.65. The van der Waals surface area contributed by atoms with Crippen LogP contribution < -0.4 is 4.74 Å². The van der Waals surface area contributed by atoms with Crippen molar-refractivity contribution >= 4 is 5.97 Å². The first-order valence-corrected chi connectivity index (χ1v) is 5.44. The number of aromatic carboxylic acids is 1. The molecule has 0 atom stereocenters. The number of likely N-dealkylation sites (N-methyl/N-ethyl adjacent to an activating group) is 1. The molecule has 0 amide bonds. The highest BCUT2D eigenvalue weighted by Gasteiger charge is 2.36. The van der Waals surface area contributed by atoms with E-state index in [4.69, 9.17) is 9.84 Å². The lowest BCUT2D eigenvalue weighted by molar-refractivity contribution is -0.139. The first-order valence-electron chi connectivity index (χ1n) is 5.44. The van der Waals surface area contributed by atoms with Crippen LogP contribution in [0.2, 0.25) is 0 Å². The quantitative estimate of drug-likeness (QED) is 0.897. The molecule has 1 aromatic carbocycles. The fourth-order valence-corrected chi connectivity index (χ4v) is 1.41. The number of benzene rings is 1. The summed E-state index contributed by atoms with van der Waals surface area (Å²) in [5.41, 5.74) is -1.57. The van der Waals surface area contributed by atoms with Crippen molar-refractivity contribution in [2.75, 3.05) is 27.2 Å². The minimum Gasteiger partial charge on any atom is -0.491 e. The normalized spacial score (nSPS) is 11.7. The number of halogens is 3. The van der Waals surface area contributed by atoms with Gasteiger partial charge in [-0.2, -0.15) is 13.2 Å². The Kier molecular flexibility index (Phi) is 4.77. The summed E-state index contributed by atoms with van der Waals surface area (Å²) < 4.78 is 43.4. The zero-order valence-corrected chi connectivity index (χ0v) is 10.5. The second-order valence-corrected chi connectivity index (χ2v) is 4.14. The molecule has 0 aliphatic carbocycles. The Bertz CT molecular complexity index is 458. The van der Waals surface area contributed by atoms with E-state index in [2.05, 4.69) is 0 Å². The smallest absolute Gasteiger partial charge is 0.419 e. The lowest BCUT2D eigenvalue weighted by atomic mass is 10.1. The molecule has 0 saturated carbocycles. The molecule has 1 rings (SSSR count). The second-order valence-electron chi connectivity index (χ2n) is 4.14. The van der Waals surface area contributed by atoms with Gasteiger partial charge in [0.2, 0.25) is 0 Å². The van der Waals surface area contributed by atoms with Gasteiger partial charge < -0.3 is 14.7 Å². The number of carbonyl (C=O) groups is 1. The second kappa shape index (κ2) is 5.92. The molecule has 1 N–H and O–H groups in total. The zero-order valence-electron chi connectivity index (χ0n) is 10.5. The lowest BCUT2D eigenvalue weighted by Crippen LogP contribution is -2.21. The molecule has 0 spiro atoms. The number of hydrogen-bond donors (Lipinski definition) is 1. The van der Waals surface area contributed by atoms with Crippen LogP contribution in [0.5, 0.6) is 5.75 Å². The van der Waals surface area contributed by atoms with Crippen molar-refractivity contribution < 1.29 is 27.8 Å². The Morgan fingerprint density at radius 2 is 2.00 bits per heavy atom. The summed E-state index contributed by atoms with van der Waals surface area (Å²) in [6.07, 6.45) is -4.65. The first kappa shape index (κ1) is 15.3. The van der Waals surface area contributed by atoms with Gasteiger partial charge in [-0.25, -0.2) is 4.79 Å². The molecule has 0 aliphatic rings. The van der Waals surface area contributed by atoms with Gasteiger partial charge in [0.1, 0.15) is 17.9 Å². The van der Waals surface area contributed by atoms with E-state index >= 15 is 0 Å². The summed E-state index contributed by atoms with van der Waals surface area (Å²) in [5.74, 6) is -2.09. The first-order chi connectivity index (χ1) is 8.73. The van der Waals surface area contributed by atoms with E-state index in [1.165, 1.54) is 0 Å². The van der Waals surface area contributed by atoms with Crippen molar-refractivity contribution in [3.8, 4) is 5.75 Å². The van der Waals surface area contributed by atoms with Crippen LogP contribution >= 0.6 is 0 Å². The third kappa shape index (κ3) is 4.13. The van der Waals surface area contributed by atoms with E-state index in [-0.39, 0.29) is 6.61 Å². The number of rotatable bonds is 5. The van der Waals surface area contributed by atoms with E-state index in [0.29, 0.717) is 6.54 Å². The van der Waals surface area contributed by atoms with Gasteiger partial charge in [0.25, 0.3) is 0 Å². The molecule has 106 valence electrons. The number of alkyl halides is 3. The summed E-state index contributed by atoms with van der Waals surface area (Å²) in [6, 6.07) is 2.94. The van der Waals surface area contributed by atoms with Crippen molar-refractivity contribution in [2.45, 2.75) is 6.18 Å². The van der Waals surface area contributed by atoms with Gasteiger partial charge in [0.05, 0.1) is 5.56 Å². The SMILES string of the molecule is CN(C)CCOc1c(C(=O)O)cccc1C(F)(F)F. The maximum absolute atomic E-state index is 12.8. The molecule has 0 heterocycles. The van der Waals surface area contributed by atoms with Gasteiger partial charge in [-0.3, -0.25) is 0 Å². The predicted molar refractivity (Wildman–Crippen MR) is 62.5 cm³/mol. The number of carboxylic acids is 1. The molecule has 0 unspecified atom stereocenters. The largest absolute Gasteiger partial charge is 0.491 e. The summed E-state index contributed by atoms with van der Waals surface area (Å²) >= 11 is 0. The van der Waals surface area contributed by atoms with Gasteiger partial charge in [-0.1, -0.05) is 6.07 Å². The molecule has 0 aliphatic heterocycles. The van der Waals surface area contributed by atoms with Gasteiger partial charge >= 0.3 is 12.1 Å². The van der Waals surface area contributed by atoms with Gasteiger partial charge in [-0.15, -0.1) is 0 Å². The van der Waals surface area contributed by atoms with Crippen LogP contribution in [0.4, 0.5) is 13.2 Å². The molecular weight excluding hydrogens is 263 g/mol. The van der Waals surface area contributed by atoms with E-state index in [1.807, 2.05) is 0 Å². The predicted octanol–water partition coefficient (Wildman–Crippen LogP) is 2.34. The van der Waals surface area contributed by atoms with Crippen molar-refractivity contribution in [3.05, 3.63) is 29.3 Å². The molecule has 0 saturated heterocycles. The van der Waals surface area contributed by atoms with E-state index in [0.717, 1.165) is 18.2 Å². The summed E-state index contributed by atoms with van der Waals surface area (Å²) in [6.45, 7) is 0.353. The van der Waals surface area contributed by atoms with Crippen LogP contribution in [-0.4, -0.2) is 43.2 Å². The molecule has 0 fully saturated rings. The Morgan fingerprint density at radius 1 is 1.37 bits per heavy atom. The number of hydrogen-bond acceptors (Lipinski definition) is 3. The monoisotopic (exact) mass is 277 g/mol. The average Bonchev–Trinajstić information content (AvgIpc) is 2.26. The molecule has 19 heavy (non-hydrogen) atoms. The Hall–Kier alpha value is -1.76. The molecule has 4 nitrogen and oxygen atoms in total. The number of carboxylic acid groups (broad SMARTS) is 1. The highest BCUT2D eigenvalue weighted by atomic mass is 19.4. The molecular formula is C12H14F3NO3. The maximum Gasteiger partial charge on any atom is 0.419 e. The Labute approximate surface area is 108 Å². The topological polar surface area (TPSA) is 49.8 Å². The third-order valence-electron chi connectivity index (χ3n) is 2.34. The number of ether oxygens (including phenoxy) is 1. The van der Waals surface area contributed by atoms with E-state index in [1.54, 1.807) is 19.0 Å². The van der Waals surface area contributed by atoms with Crippen LogP contribution in [0.1, 0.15) is 15.9 Å². The molecule has 0 bridgehead atoms. The van der Waals surface area contributed by atoms with Crippen LogP contribution in [0.25, 0.3) is 0 Å². The zero-order chi connectivity index (χ0) is 14.6. The Morgan fingerprint density at radius 3 is 2.47 bits per heavy atom. The van der Waals surface area contributed by atoms with Crippen molar-refractivity contribution in [1.82, 2.24) is 4.90 Å². The number of para-hydroxylation sites is 1. The van der Waals surface area contributed by atoms with Crippen molar-refractivity contribution in [2.24, 2.45) is 0 Å². The van der Waals surface area contributed by atoms with Crippen LogP contribution in [0, 0.1) is 0 Å². The minimum absolute atomic E-state index is 0.0274. The van der Waals surface area contributed by atoms with Crippen molar-refractivity contribution in [3.63, 3.8) is 0 Å². The summed E-state index contributed by atoms with van der Waals surface area (Å²) in [7, 11) is 3.47. The van der Waals surface area contributed by atoms with E-state index < -0.39 is 29.0 Å². The van der Waals surface area contributed by atoms with Gasteiger partial charge in [0, 0.05) is 6.54 Å². The lowest BCUT2D eigenvalue weighted by Gasteiger charge is -2.17.